The van der Waals surface area contributed by atoms with Crippen molar-refractivity contribution >= 4 is 17.2 Å². The second-order valence-corrected chi connectivity index (χ2v) is 5.53. The fraction of sp³-hybridized carbons (Fsp3) is 0.643. The lowest BCUT2D eigenvalue weighted by Gasteiger charge is -2.27. The summed E-state index contributed by atoms with van der Waals surface area (Å²) < 4.78 is 0. The highest BCUT2D eigenvalue weighted by Gasteiger charge is 2.24. The highest BCUT2D eigenvalue weighted by Crippen LogP contribution is 2.24. The molecule has 2 rings (SSSR count). The van der Waals surface area contributed by atoms with Crippen molar-refractivity contribution in [2.75, 3.05) is 6.54 Å². The Bertz CT molecular complexity index is 341. The van der Waals surface area contributed by atoms with Crippen LogP contribution in [0.2, 0.25) is 0 Å². The number of carbonyl (C=O) groups excluding carboxylic acids is 1. The Labute approximate surface area is 108 Å². The van der Waals surface area contributed by atoms with Crippen LogP contribution >= 0.6 is 11.3 Å². The van der Waals surface area contributed by atoms with Gasteiger partial charge in [0, 0.05) is 19.0 Å². The van der Waals surface area contributed by atoms with Crippen molar-refractivity contribution < 1.29 is 4.79 Å². The molecule has 1 aliphatic rings. The molecule has 1 aromatic rings. The molecule has 1 aromatic heterocycles. The fourth-order valence-corrected chi connectivity index (χ4v) is 3.39. The van der Waals surface area contributed by atoms with Gasteiger partial charge in [-0.05, 0) is 48.6 Å². The maximum Gasteiger partial charge on any atom is 0.223 e. The highest BCUT2D eigenvalue weighted by molar-refractivity contribution is 7.07. The molecule has 2 nitrogen and oxygen atoms in total. The molecule has 1 heterocycles. The van der Waals surface area contributed by atoms with Gasteiger partial charge in [-0.2, -0.15) is 11.3 Å². The molecular formula is C14H21NOS. The van der Waals surface area contributed by atoms with Crippen LogP contribution in [-0.4, -0.2) is 23.4 Å². The minimum absolute atomic E-state index is 0.339. The van der Waals surface area contributed by atoms with Crippen LogP contribution in [0.25, 0.3) is 0 Å². The van der Waals surface area contributed by atoms with Crippen LogP contribution in [0, 0.1) is 0 Å². The average molecular weight is 251 g/mol. The van der Waals surface area contributed by atoms with Gasteiger partial charge in [0.1, 0.15) is 0 Å². The van der Waals surface area contributed by atoms with Crippen molar-refractivity contribution in [3.63, 3.8) is 0 Å². The molecular weight excluding hydrogens is 230 g/mol. The Balaban J connectivity index is 1.84. The van der Waals surface area contributed by atoms with E-state index >= 15 is 0 Å². The molecule has 1 fully saturated rings. The van der Waals surface area contributed by atoms with E-state index < -0.39 is 0 Å². The molecule has 1 amide bonds. The first kappa shape index (κ1) is 12.6. The van der Waals surface area contributed by atoms with Gasteiger partial charge in [0.05, 0.1) is 0 Å². The van der Waals surface area contributed by atoms with Crippen molar-refractivity contribution in [3.05, 3.63) is 22.4 Å². The fourth-order valence-electron chi connectivity index (χ4n) is 2.68. The number of nitrogens with zero attached hydrogens (tertiary/aromatic N) is 1. The van der Waals surface area contributed by atoms with Crippen LogP contribution < -0.4 is 0 Å². The molecule has 0 radical (unpaired) electrons. The Morgan fingerprint density at radius 2 is 2.24 bits per heavy atom. The van der Waals surface area contributed by atoms with E-state index in [1.807, 2.05) is 0 Å². The van der Waals surface area contributed by atoms with Gasteiger partial charge in [-0.25, -0.2) is 0 Å². The van der Waals surface area contributed by atoms with Crippen LogP contribution in [0.15, 0.2) is 16.8 Å². The SMILES string of the molecule is CCN(C(=O)CCc1ccsc1)C1CCCC1. The van der Waals surface area contributed by atoms with E-state index in [9.17, 15) is 4.79 Å². The molecule has 0 N–H and O–H groups in total. The van der Waals surface area contributed by atoms with E-state index in [1.165, 1.54) is 31.2 Å². The molecule has 3 heteroatoms. The summed E-state index contributed by atoms with van der Waals surface area (Å²) in [5.74, 6) is 0.339. The van der Waals surface area contributed by atoms with E-state index in [0.717, 1.165) is 13.0 Å². The predicted molar refractivity (Wildman–Crippen MR) is 72.3 cm³/mol. The van der Waals surface area contributed by atoms with E-state index in [4.69, 9.17) is 0 Å². The van der Waals surface area contributed by atoms with Gasteiger partial charge in [0.25, 0.3) is 0 Å². The van der Waals surface area contributed by atoms with Crippen LogP contribution in [0.4, 0.5) is 0 Å². The first-order valence-corrected chi connectivity index (χ1v) is 7.56. The normalized spacial score (nSPS) is 16.3. The summed E-state index contributed by atoms with van der Waals surface area (Å²) in [4.78, 5) is 14.3. The minimum atomic E-state index is 0.339. The van der Waals surface area contributed by atoms with Gasteiger partial charge in [0.15, 0.2) is 0 Å². The van der Waals surface area contributed by atoms with Crippen molar-refractivity contribution in [3.8, 4) is 0 Å². The van der Waals surface area contributed by atoms with Crippen molar-refractivity contribution in [1.29, 1.82) is 0 Å². The zero-order chi connectivity index (χ0) is 12.1. The largest absolute Gasteiger partial charge is 0.340 e. The minimum Gasteiger partial charge on any atom is -0.340 e. The average Bonchev–Trinajstić information content (AvgIpc) is 3.00. The summed E-state index contributed by atoms with van der Waals surface area (Å²) in [5.41, 5.74) is 1.30. The molecule has 0 spiro atoms. The van der Waals surface area contributed by atoms with Gasteiger partial charge < -0.3 is 4.90 Å². The third kappa shape index (κ3) is 3.32. The standard InChI is InChI=1S/C14H21NOS/c1-2-15(13-5-3-4-6-13)14(16)8-7-12-9-10-17-11-12/h9-11,13H,2-8H2,1H3. The molecule has 17 heavy (non-hydrogen) atoms. The summed E-state index contributed by atoms with van der Waals surface area (Å²) in [6.07, 6.45) is 6.56. The second kappa shape index (κ2) is 6.20. The van der Waals surface area contributed by atoms with E-state index in [2.05, 4.69) is 28.7 Å². The van der Waals surface area contributed by atoms with Crippen molar-refractivity contribution in [2.45, 2.75) is 51.5 Å². The number of rotatable bonds is 5. The second-order valence-electron chi connectivity index (χ2n) is 4.75. The first-order valence-electron chi connectivity index (χ1n) is 6.61. The Morgan fingerprint density at radius 3 is 2.82 bits per heavy atom. The number of hydrogen-bond donors (Lipinski definition) is 0. The predicted octanol–water partition coefficient (Wildman–Crippen LogP) is 3.47. The van der Waals surface area contributed by atoms with Crippen molar-refractivity contribution in [2.24, 2.45) is 0 Å². The third-order valence-corrected chi connectivity index (χ3v) is 4.37. The number of amides is 1. The summed E-state index contributed by atoms with van der Waals surface area (Å²) >= 11 is 1.71. The molecule has 0 unspecified atom stereocenters. The van der Waals surface area contributed by atoms with Gasteiger partial charge in [-0.3, -0.25) is 4.79 Å². The summed E-state index contributed by atoms with van der Waals surface area (Å²) in [7, 11) is 0. The van der Waals surface area contributed by atoms with Gasteiger partial charge in [-0.1, -0.05) is 12.8 Å². The maximum atomic E-state index is 12.2. The Morgan fingerprint density at radius 1 is 1.47 bits per heavy atom. The lowest BCUT2D eigenvalue weighted by atomic mass is 10.1. The van der Waals surface area contributed by atoms with E-state index in [1.54, 1.807) is 11.3 Å². The van der Waals surface area contributed by atoms with Crippen LogP contribution in [0.5, 0.6) is 0 Å². The first-order chi connectivity index (χ1) is 8.31. The monoisotopic (exact) mass is 251 g/mol. The molecule has 0 bridgehead atoms. The number of aryl methyl sites for hydroxylation is 1. The summed E-state index contributed by atoms with van der Waals surface area (Å²) in [6.45, 7) is 2.97. The Hall–Kier alpha value is -0.830. The number of carbonyl (C=O) groups is 1. The highest BCUT2D eigenvalue weighted by atomic mass is 32.1. The van der Waals surface area contributed by atoms with Gasteiger partial charge in [0.2, 0.25) is 5.91 Å². The molecule has 0 atom stereocenters. The maximum absolute atomic E-state index is 12.2. The smallest absolute Gasteiger partial charge is 0.223 e. The molecule has 0 aliphatic heterocycles. The molecule has 0 aromatic carbocycles. The number of hydrogen-bond acceptors (Lipinski definition) is 2. The van der Waals surface area contributed by atoms with E-state index in [0.29, 0.717) is 18.4 Å². The quantitative estimate of drug-likeness (QED) is 0.784. The van der Waals surface area contributed by atoms with Crippen LogP contribution in [0.3, 0.4) is 0 Å². The number of thiophene rings is 1. The zero-order valence-electron chi connectivity index (χ0n) is 10.5. The van der Waals surface area contributed by atoms with Crippen LogP contribution in [0.1, 0.15) is 44.6 Å². The summed E-state index contributed by atoms with van der Waals surface area (Å²) in [5, 5.41) is 4.22. The zero-order valence-corrected chi connectivity index (χ0v) is 11.3. The topological polar surface area (TPSA) is 20.3 Å². The lowest BCUT2D eigenvalue weighted by Crippen LogP contribution is -2.38. The molecule has 1 saturated carbocycles. The van der Waals surface area contributed by atoms with Crippen LogP contribution in [-0.2, 0) is 11.2 Å². The molecule has 0 saturated heterocycles. The van der Waals surface area contributed by atoms with Crippen molar-refractivity contribution in [1.82, 2.24) is 4.90 Å². The summed E-state index contributed by atoms with van der Waals surface area (Å²) in [6, 6.07) is 2.64. The third-order valence-electron chi connectivity index (χ3n) is 3.63. The molecule has 94 valence electrons. The van der Waals surface area contributed by atoms with E-state index in [-0.39, 0.29) is 0 Å². The lowest BCUT2D eigenvalue weighted by molar-refractivity contribution is -0.133. The van der Waals surface area contributed by atoms with Gasteiger partial charge >= 0.3 is 0 Å². The Kier molecular flexibility index (Phi) is 4.60. The molecule has 1 aliphatic carbocycles. The van der Waals surface area contributed by atoms with Gasteiger partial charge in [-0.15, -0.1) is 0 Å².